The molecular formula is C19H26N4O2S. The van der Waals surface area contributed by atoms with Crippen molar-refractivity contribution in [3.63, 3.8) is 0 Å². The van der Waals surface area contributed by atoms with Crippen LogP contribution in [0.5, 0.6) is 0 Å². The first-order valence-corrected chi connectivity index (χ1v) is 10.0. The average Bonchev–Trinajstić information content (AvgIpc) is 2.63. The molecule has 2 aromatic rings. The van der Waals surface area contributed by atoms with Crippen molar-refractivity contribution in [2.75, 3.05) is 21.1 Å². The molecule has 0 saturated heterocycles. The number of aliphatic imine (C=N–C) groups is 1. The van der Waals surface area contributed by atoms with Gasteiger partial charge in [0, 0.05) is 20.6 Å². The summed E-state index contributed by atoms with van der Waals surface area (Å²) in [4.78, 5) is 6.57. The molecular weight excluding hydrogens is 348 g/mol. The van der Waals surface area contributed by atoms with E-state index in [2.05, 4.69) is 27.2 Å². The summed E-state index contributed by atoms with van der Waals surface area (Å²) < 4.78 is 25.5. The quantitative estimate of drug-likeness (QED) is 0.574. The summed E-state index contributed by atoms with van der Waals surface area (Å²) in [6.07, 6.45) is 0. The van der Waals surface area contributed by atoms with Crippen LogP contribution < -0.4 is 10.0 Å². The number of nitrogens with one attached hydrogen (secondary N) is 2. The summed E-state index contributed by atoms with van der Waals surface area (Å²) in [6.45, 7) is 1.23. The topological polar surface area (TPSA) is 73.8 Å². The summed E-state index contributed by atoms with van der Waals surface area (Å²) >= 11 is 0. The number of hydrogen-bond donors (Lipinski definition) is 2. The highest BCUT2D eigenvalue weighted by molar-refractivity contribution is 7.88. The van der Waals surface area contributed by atoms with Crippen LogP contribution in [0.25, 0.3) is 0 Å². The van der Waals surface area contributed by atoms with Crippen molar-refractivity contribution in [2.45, 2.75) is 18.8 Å². The van der Waals surface area contributed by atoms with E-state index in [4.69, 9.17) is 0 Å². The Balaban J connectivity index is 1.96. The molecule has 0 fully saturated rings. The molecule has 0 spiro atoms. The van der Waals surface area contributed by atoms with Crippen molar-refractivity contribution in [1.82, 2.24) is 14.9 Å². The van der Waals surface area contributed by atoms with Crippen LogP contribution in [0.2, 0.25) is 0 Å². The molecule has 0 aliphatic carbocycles. The molecule has 0 saturated carbocycles. The Morgan fingerprint density at radius 1 is 0.962 bits per heavy atom. The second-order valence-electron chi connectivity index (χ2n) is 6.15. The van der Waals surface area contributed by atoms with Crippen LogP contribution in [0.1, 0.15) is 16.7 Å². The van der Waals surface area contributed by atoms with Gasteiger partial charge in [-0.2, -0.15) is 0 Å². The van der Waals surface area contributed by atoms with Gasteiger partial charge in [-0.25, -0.2) is 18.1 Å². The van der Waals surface area contributed by atoms with Crippen molar-refractivity contribution >= 4 is 16.0 Å². The molecule has 140 valence electrons. The molecule has 0 radical (unpaired) electrons. The fourth-order valence-corrected chi connectivity index (χ4v) is 3.11. The van der Waals surface area contributed by atoms with Gasteiger partial charge in [-0.05, 0) is 23.7 Å². The van der Waals surface area contributed by atoms with Gasteiger partial charge in [0.05, 0.1) is 12.3 Å². The van der Waals surface area contributed by atoms with E-state index in [9.17, 15) is 8.42 Å². The Labute approximate surface area is 156 Å². The molecule has 2 aromatic carbocycles. The van der Waals surface area contributed by atoms with E-state index in [0.717, 1.165) is 22.6 Å². The zero-order valence-electron chi connectivity index (χ0n) is 15.4. The number of rotatable bonds is 7. The van der Waals surface area contributed by atoms with Crippen molar-refractivity contribution in [3.05, 3.63) is 71.3 Å². The summed E-state index contributed by atoms with van der Waals surface area (Å²) in [7, 11) is 2.07. The van der Waals surface area contributed by atoms with Gasteiger partial charge in [0.2, 0.25) is 10.0 Å². The first kappa shape index (κ1) is 19.9. The van der Waals surface area contributed by atoms with Gasteiger partial charge in [-0.3, -0.25) is 0 Å². The summed E-state index contributed by atoms with van der Waals surface area (Å²) in [6, 6.07) is 17.6. The van der Waals surface area contributed by atoms with Gasteiger partial charge in [-0.1, -0.05) is 54.6 Å². The number of nitrogens with zero attached hydrogens (tertiary/aromatic N) is 2. The van der Waals surface area contributed by atoms with Gasteiger partial charge < -0.3 is 10.2 Å². The third-order valence-corrected chi connectivity index (χ3v) is 5.15. The fraction of sp³-hybridized carbons (Fsp3) is 0.316. The minimum Gasteiger partial charge on any atom is -0.352 e. The standard InChI is InChI=1S/C19H26N4O2S/c1-20-26(24,25)15-18-11-9-17(10-12-18)14-22-19(23(2)3)21-13-16-7-5-4-6-8-16/h4-12,20H,13-15H2,1-3H3,(H,21,22). The molecule has 6 nitrogen and oxygen atoms in total. The van der Waals surface area contributed by atoms with Gasteiger partial charge in [-0.15, -0.1) is 0 Å². The van der Waals surface area contributed by atoms with Crippen molar-refractivity contribution < 1.29 is 8.42 Å². The molecule has 2 N–H and O–H groups in total. The van der Waals surface area contributed by atoms with Gasteiger partial charge in [0.25, 0.3) is 0 Å². The highest BCUT2D eigenvalue weighted by atomic mass is 32.2. The zero-order chi connectivity index (χ0) is 19.0. The van der Waals surface area contributed by atoms with E-state index in [-0.39, 0.29) is 5.75 Å². The Morgan fingerprint density at radius 3 is 2.15 bits per heavy atom. The van der Waals surface area contributed by atoms with Gasteiger partial charge >= 0.3 is 0 Å². The van der Waals surface area contributed by atoms with Crippen molar-refractivity contribution in [1.29, 1.82) is 0 Å². The molecule has 0 aromatic heterocycles. The lowest BCUT2D eigenvalue weighted by molar-refractivity contribution is 0.578. The molecule has 7 heteroatoms. The highest BCUT2D eigenvalue weighted by Gasteiger charge is 2.08. The minimum absolute atomic E-state index is 0.0152. The third kappa shape index (κ3) is 6.50. The smallest absolute Gasteiger partial charge is 0.215 e. The van der Waals surface area contributed by atoms with E-state index in [1.54, 1.807) is 0 Å². The summed E-state index contributed by atoms with van der Waals surface area (Å²) in [5.41, 5.74) is 2.97. The van der Waals surface area contributed by atoms with Crippen molar-refractivity contribution in [3.8, 4) is 0 Å². The molecule has 26 heavy (non-hydrogen) atoms. The van der Waals surface area contributed by atoms with E-state index in [1.165, 1.54) is 7.05 Å². The Kier molecular flexibility index (Phi) is 7.17. The van der Waals surface area contributed by atoms with Crippen LogP contribution in [0.15, 0.2) is 59.6 Å². The maximum atomic E-state index is 11.6. The Morgan fingerprint density at radius 2 is 1.58 bits per heavy atom. The molecule has 0 bridgehead atoms. The highest BCUT2D eigenvalue weighted by Crippen LogP contribution is 2.08. The van der Waals surface area contributed by atoms with Gasteiger partial charge in [0.1, 0.15) is 0 Å². The minimum atomic E-state index is -3.25. The third-order valence-electron chi connectivity index (χ3n) is 3.82. The predicted molar refractivity (Wildman–Crippen MR) is 106 cm³/mol. The molecule has 0 atom stereocenters. The molecule has 0 amide bonds. The van der Waals surface area contributed by atoms with Crippen LogP contribution in [0, 0.1) is 0 Å². The van der Waals surface area contributed by atoms with Crippen LogP contribution in [-0.2, 0) is 28.9 Å². The second kappa shape index (κ2) is 9.35. The fourth-order valence-electron chi connectivity index (χ4n) is 2.33. The van der Waals surface area contributed by atoms with E-state index < -0.39 is 10.0 Å². The normalized spacial score (nSPS) is 12.0. The van der Waals surface area contributed by atoms with Crippen molar-refractivity contribution in [2.24, 2.45) is 4.99 Å². The molecule has 0 unspecified atom stereocenters. The van der Waals surface area contributed by atoms with Crippen LogP contribution >= 0.6 is 0 Å². The summed E-state index contributed by atoms with van der Waals surface area (Å²) in [5, 5.41) is 3.33. The maximum Gasteiger partial charge on any atom is 0.215 e. The molecule has 2 rings (SSSR count). The molecule has 0 aliphatic heterocycles. The van der Waals surface area contributed by atoms with E-state index >= 15 is 0 Å². The van der Waals surface area contributed by atoms with E-state index in [0.29, 0.717) is 13.1 Å². The van der Waals surface area contributed by atoms with Crippen LogP contribution in [0.4, 0.5) is 0 Å². The molecule has 0 aliphatic rings. The second-order valence-corrected chi connectivity index (χ2v) is 8.08. The first-order valence-electron chi connectivity index (χ1n) is 8.38. The first-order chi connectivity index (χ1) is 12.4. The van der Waals surface area contributed by atoms with Crippen LogP contribution in [-0.4, -0.2) is 40.4 Å². The number of guanidine groups is 1. The summed E-state index contributed by atoms with van der Waals surface area (Å²) in [5.74, 6) is 0.786. The molecule has 0 heterocycles. The maximum absolute atomic E-state index is 11.6. The predicted octanol–water partition coefficient (Wildman–Crippen LogP) is 1.94. The Hall–Kier alpha value is -2.38. The zero-order valence-corrected chi connectivity index (χ0v) is 16.3. The SMILES string of the molecule is CNS(=O)(=O)Cc1ccc(CNC(=NCc2ccccc2)N(C)C)cc1. The number of hydrogen-bond acceptors (Lipinski definition) is 3. The average molecular weight is 375 g/mol. The number of benzene rings is 2. The monoisotopic (exact) mass is 374 g/mol. The van der Waals surface area contributed by atoms with Gasteiger partial charge in [0.15, 0.2) is 5.96 Å². The lowest BCUT2D eigenvalue weighted by Gasteiger charge is -2.18. The van der Waals surface area contributed by atoms with Crippen LogP contribution in [0.3, 0.4) is 0 Å². The Bertz CT molecular complexity index is 816. The number of sulfonamides is 1. The van der Waals surface area contributed by atoms with E-state index in [1.807, 2.05) is 61.5 Å². The lowest BCUT2D eigenvalue weighted by atomic mass is 10.1. The lowest BCUT2D eigenvalue weighted by Crippen LogP contribution is -2.36. The largest absolute Gasteiger partial charge is 0.352 e.